The first-order valence-electron chi connectivity index (χ1n) is 9.00. The summed E-state index contributed by atoms with van der Waals surface area (Å²) in [7, 11) is 0. The van der Waals surface area contributed by atoms with Gasteiger partial charge in [0, 0.05) is 28.8 Å². The maximum Gasteiger partial charge on any atom is 0.269 e. The number of nitrogens with zero attached hydrogens (tertiary/aromatic N) is 1. The Balaban J connectivity index is 1.71. The first-order chi connectivity index (χ1) is 13.1. The molecule has 5 heteroatoms. The molecule has 1 aliphatic heterocycles. The van der Waals surface area contributed by atoms with Crippen LogP contribution in [0.25, 0.3) is 0 Å². The van der Waals surface area contributed by atoms with Crippen LogP contribution in [-0.2, 0) is 6.42 Å². The Morgan fingerprint density at radius 2 is 1.70 bits per heavy atom. The molecule has 0 saturated heterocycles. The number of nitro groups is 1. The highest BCUT2D eigenvalue weighted by Gasteiger charge is 2.44. The van der Waals surface area contributed by atoms with Crippen molar-refractivity contribution >= 4 is 23.0 Å². The van der Waals surface area contributed by atoms with E-state index in [0.29, 0.717) is 0 Å². The minimum atomic E-state index is -0.323. The van der Waals surface area contributed by atoms with Crippen molar-refractivity contribution in [1.29, 1.82) is 0 Å². The van der Waals surface area contributed by atoms with Gasteiger partial charge in [-0.15, -0.1) is 0 Å². The fourth-order valence-corrected chi connectivity index (χ4v) is 4.95. The third-order valence-corrected chi connectivity index (χ3v) is 6.18. The molecule has 1 N–H and O–H groups in total. The predicted octanol–water partition coefficient (Wildman–Crippen LogP) is 5.72. The fraction of sp³-hybridized carbons (Fsp3) is 0.182. The van der Waals surface area contributed by atoms with Gasteiger partial charge in [-0.2, -0.15) is 0 Å². The van der Waals surface area contributed by atoms with Gasteiger partial charge >= 0.3 is 0 Å². The number of non-ortho nitro benzene ring substituents is 1. The van der Waals surface area contributed by atoms with E-state index in [9.17, 15) is 10.1 Å². The van der Waals surface area contributed by atoms with Crippen molar-refractivity contribution in [3.8, 4) is 0 Å². The average Bonchev–Trinajstić information content (AvgIpc) is 3.07. The SMILES string of the molecule is O=[N+]([O-])c1ccc2c(c1)[C@@H]1c3ccccc3C[C@@H]1[C@H](c1ccccc1Cl)N2. The van der Waals surface area contributed by atoms with Gasteiger partial charge in [0.25, 0.3) is 5.69 Å². The van der Waals surface area contributed by atoms with Crippen molar-refractivity contribution in [3.63, 3.8) is 0 Å². The van der Waals surface area contributed by atoms with Gasteiger partial charge in [-0.25, -0.2) is 0 Å². The van der Waals surface area contributed by atoms with Crippen LogP contribution in [0.15, 0.2) is 66.7 Å². The molecule has 0 radical (unpaired) electrons. The van der Waals surface area contributed by atoms with Gasteiger partial charge in [-0.3, -0.25) is 10.1 Å². The highest BCUT2D eigenvalue weighted by atomic mass is 35.5. The highest BCUT2D eigenvalue weighted by molar-refractivity contribution is 6.31. The molecule has 0 fully saturated rings. The molecular formula is C22H17ClN2O2. The standard InChI is InChI=1S/C22H17ClN2O2/c23-19-8-4-3-7-16(19)22-18-11-13-5-1-2-6-15(13)21(18)17-12-14(25(26)27)9-10-20(17)24-22/h1-10,12,18,21-22,24H,11H2/t18-,21-,22-/m0/s1. The summed E-state index contributed by atoms with van der Waals surface area (Å²) in [6, 6.07) is 21.5. The summed E-state index contributed by atoms with van der Waals surface area (Å²) in [6.07, 6.45) is 0.922. The monoisotopic (exact) mass is 376 g/mol. The van der Waals surface area contributed by atoms with Gasteiger partial charge in [0.2, 0.25) is 0 Å². The Morgan fingerprint density at radius 3 is 2.48 bits per heavy atom. The minimum Gasteiger partial charge on any atom is -0.378 e. The molecule has 0 spiro atoms. The van der Waals surface area contributed by atoms with E-state index in [1.165, 1.54) is 11.1 Å². The molecule has 0 amide bonds. The number of nitrogens with one attached hydrogen (secondary N) is 1. The zero-order chi connectivity index (χ0) is 18.5. The van der Waals surface area contributed by atoms with E-state index in [4.69, 9.17) is 11.6 Å². The van der Waals surface area contributed by atoms with Crippen LogP contribution >= 0.6 is 11.6 Å². The van der Waals surface area contributed by atoms with Gasteiger partial charge in [0.1, 0.15) is 0 Å². The normalized spacial score (nSPS) is 22.3. The number of benzene rings is 3. The lowest BCUT2D eigenvalue weighted by Gasteiger charge is -2.38. The van der Waals surface area contributed by atoms with E-state index in [1.807, 2.05) is 30.3 Å². The predicted molar refractivity (Wildman–Crippen MR) is 106 cm³/mol. The van der Waals surface area contributed by atoms with E-state index in [-0.39, 0.29) is 28.5 Å². The number of anilines is 1. The zero-order valence-corrected chi connectivity index (χ0v) is 15.2. The Bertz CT molecular complexity index is 1070. The molecule has 3 atom stereocenters. The summed E-state index contributed by atoms with van der Waals surface area (Å²) in [5.74, 6) is 0.385. The molecule has 1 heterocycles. The van der Waals surface area contributed by atoms with E-state index in [2.05, 4.69) is 29.6 Å². The van der Waals surface area contributed by atoms with Gasteiger partial charge in [0.05, 0.1) is 11.0 Å². The third-order valence-electron chi connectivity index (χ3n) is 5.83. The van der Waals surface area contributed by atoms with Crippen molar-refractivity contribution in [2.45, 2.75) is 18.4 Å². The summed E-state index contributed by atoms with van der Waals surface area (Å²) in [6.45, 7) is 0. The molecule has 0 unspecified atom stereocenters. The molecule has 0 aromatic heterocycles. The van der Waals surface area contributed by atoms with Gasteiger partial charge in [0.15, 0.2) is 0 Å². The van der Waals surface area contributed by atoms with E-state index >= 15 is 0 Å². The van der Waals surface area contributed by atoms with Gasteiger partial charge in [-0.05, 0) is 46.7 Å². The number of hydrogen-bond donors (Lipinski definition) is 1. The average molecular weight is 377 g/mol. The van der Waals surface area contributed by atoms with Gasteiger partial charge < -0.3 is 5.32 Å². The number of halogens is 1. The quantitative estimate of drug-likeness (QED) is 0.459. The van der Waals surface area contributed by atoms with Gasteiger partial charge in [-0.1, -0.05) is 54.1 Å². The lowest BCUT2D eigenvalue weighted by atomic mass is 9.75. The van der Waals surface area contributed by atoms with Crippen LogP contribution in [-0.4, -0.2) is 4.92 Å². The molecule has 0 saturated carbocycles. The summed E-state index contributed by atoms with van der Waals surface area (Å²) in [5.41, 5.74) is 5.74. The van der Waals surface area contributed by atoms with Crippen molar-refractivity contribution in [2.75, 3.05) is 5.32 Å². The molecule has 4 nitrogen and oxygen atoms in total. The Labute approximate surface area is 161 Å². The second-order valence-electron chi connectivity index (χ2n) is 7.22. The summed E-state index contributed by atoms with van der Waals surface area (Å²) >= 11 is 6.52. The molecule has 27 heavy (non-hydrogen) atoms. The van der Waals surface area contributed by atoms with E-state index < -0.39 is 0 Å². The molecule has 134 valence electrons. The molecule has 5 rings (SSSR count). The van der Waals surface area contributed by atoms with Crippen molar-refractivity contribution in [2.24, 2.45) is 5.92 Å². The summed E-state index contributed by atoms with van der Waals surface area (Å²) in [5, 5.41) is 15.7. The van der Waals surface area contributed by atoms with Crippen LogP contribution in [0.4, 0.5) is 11.4 Å². The largest absolute Gasteiger partial charge is 0.378 e. The zero-order valence-electron chi connectivity index (χ0n) is 14.4. The van der Waals surface area contributed by atoms with Crippen LogP contribution < -0.4 is 5.32 Å². The molecule has 3 aromatic rings. The molecule has 3 aromatic carbocycles. The first kappa shape index (κ1) is 16.3. The molecule has 0 bridgehead atoms. The lowest BCUT2D eigenvalue weighted by molar-refractivity contribution is -0.384. The number of rotatable bonds is 2. The number of nitro benzene ring substituents is 1. The minimum absolute atomic E-state index is 0.0602. The second-order valence-corrected chi connectivity index (χ2v) is 7.62. The topological polar surface area (TPSA) is 55.2 Å². The maximum absolute atomic E-state index is 11.3. The molecule has 1 aliphatic carbocycles. The second kappa shape index (κ2) is 6.10. The maximum atomic E-state index is 11.3. The van der Waals surface area contributed by atoms with E-state index in [1.54, 1.807) is 12.1 Å². The Kier molecular flexibility index (Phi) is 3.69. The summed E-state index contributed by atoms with van der Waals surface area (Å²) in [4.78, 5) is 11.0. The van der Waals surface area contributed by atoms with Crippen LogP contribution in [0, 0.1) is 16.0 Å². The van der Waals surface area contributed by atoms with Crippen molar-refractivity contribution < 1.29 is 4.92 Å². The third kappa shape index (κ3) is 2.52. The Morgan fingerprint density at radius 1 is 0.963 bits per heavy atom. The van der Waals surface area contributed by atoms with E-state index in [0.717, 1.165) is 28.3 Å². The molecule has 2 aliphatic rings. The van der Waals surface area contributed by atoms with Crippen LogP contribution in [0.2, 0.25) is 5.02 Å². The van der Waals surface area contributed by atoms with Crippen molar-refractivity contribution in [1.82, 2.24) is 0 Å². The smallest absolute Gasteiger partial charge is 0.269 e. The van der Waals surface area contributed by atoms with Crippen LogP contribution in [0.5, 0.6) is 0 Å². The Hall–Kier alpha value is -2.85. The number of fused-ring (bicyclic) bond motifs is 5. The summed E-state index contributed by atoms with van der Waals surface area (Å²) < 4.78 is 0. The lowest BCUT2D eigenvalue weighted by Crippen LogP contribution is -2.30. The van der Waals surface area contributed by atoms with Crippen LogP contribution in [0.1, 0.15) is 34.2 Å². The molecular weight excluding hydrogens is 360 g/mol. The number of hydrogen-bond acceptors (Lipinski definition) is 3. The first-order valence-corrected chi connectivity index (χ1v) is 9.38. The highest BCUT2D eigenvalue weighted by Crippen LogP contribution is 2.54. The van der Waals surface area contributed by atoms with Crippen LogP contribution in [0.3, 0.4) is 0 Å². The fourth-order valence-electron chi connectivity index (χ4n) is 4.70. The van der Waals surface area contributed by atoms with Crippen molar-refractivity contribution in [3.05, 3.63) is 104 Å².